The molecule has 116 valence electrons. The summed E-state index contributed by atoms with van der Waals surface area (Å²) in [6, 6.07) is 14.5. The van der Waals surface area contributed by atoms with Crippen molar-refractivity contribution in [2.24, 2.45) is 0 Å². The average Bonchev–Trinajstić information content (AvgIpc) is 2.52. The summed E-state index contributed by atoms with van der Waals surface area (Å²) in [5.41, 5.74) is 1.37. The molecule has 0 atom stereocenters. The number of carbonyl (C=O) groups is 1. The number of hydrogen-bond donors (Lipinski definition) is 1. The van der Waals surface area contributed by atoms with Gasteiger partial charge < -0.3 is 14.6 Å². The van der Waals surface area contributed by atoms with E-state index in [0.717, 1.165) is 5.75 Å². The van der Waals surface area contributed by atoms with Crippen molar-refractivity contribution in [1.82, 2.24) is 0 Å². The van der Waals surface area contributed by atoms with E-state index < -0.39 is 5.97 Å². The van der Waals surface area contributed by atoms with Crippen molar-refractivity contribution >= 4 is 5.97 Å². The van der Waals surface area contributed by atoms with Crippen LogP contribution in [0.4, 0.5) is 0 Å². The van der Waals surface area contributed by atoms with Crippen LogP contribution in [0.25, 0.3) is 0 Å². The highest BCUT2D eigenvalue weighted by Gasteiger charge is 2.09. The largest absolute Gasteiger partial charge is 0.490 e. The first-order valence-electron chi connectivity index (χ1n) is 7.26. The molecule has 2 aromatic carbocycles. The maximum atomic E-state index is 11.1. The Hall–Kier alpha value is -2.49. The van der Waals surface area contributed by atoms with E-state index in [1.165, 1.54) is 11.6 Å². The summed E-state index contributed by atoms with van der Waals surface area (Å²) < 4.78 is 11.1. The summed E-state index contributed by atoms with van der Waals surface area (Å²) in [7, 11) is 0. The molecule has 0 saturated carbocycles. The molecule has 0 spiro atoms. The van der Waals surface area contributed by atoms with Crippen molar-refractivity contribution in [2.45, 2.75) is 19.8 Å². The second-order valence-corrected chi connectivity index (χ2v) is 5.23. The number of para-hydroxylation sites is 1. The van der Waals surface area contributed by atoms with E-state index in [2.05, 4.69) is 19.9 Å². The fourth-order valence-corrected chi connectivity index (χ4v) is 2.04. The lowest BCUT2D eigenvalue weighted by atomic mass is 10.0. The van der Waals surface area contributed by atoms with Crippen LogP contribution in [0.1, 0.15) is 35.7 Å². The van der Waals surface area contributed by atoms with Crippen molar-refractivity contribution in [3.05, 3.63) is 59.7 Å². The van der Waals surface area contributed by atoms with Gasteiger partial charge >= 0.3 is 5.97 Å². The Balaban J connectivity index is 1.87. The number of aromatic carboxylic acids is 1. The molecule has 0 aliphatic rings. The number of ether oxygens (including phenoxy) is 2. The van der Waals surface area contributed by atoms with Crippen LogP contribution in [0.3, 0.4) is 0 Å². The van der Waals surface area contributed by atoms with Crippen LogP contribution in [0.5, 0.6) is 11.5 Å². The maximum absolute atomic E-state index is 11.1. The molecule has 1 N–H and O–H groups in total. The van der Waals surface area contributed by atoms with Gasteiger partial charge in [-0.3, -0.25) is 0 Å². The molecule has 4 heteroatoms. The molecule has 2 rings (SSSR count). The monoisotopic (exact) mass is 300 g/mol. The van der Waals surface area contributed by atoms with E-state index in [9.17, 15) is 4.79 Å². The van der Waals surface area contributed by atoms with Crippen molar-refractivity contribution in [3.8, 4) is 11.5 Å². The van der Waals surface area contributed by atoms with Gasteiger partial charge in [-0.05, 0) is 35.7 Å². The molecule has 0 saturated heterocycles. The number of benzene rings is 2. The Labute approximate surface area is 130 Å². The van der Waals surface area contributed by atoms with E-state index in [1.54, 1.807) is 18.2 Å². The fraction of sp³-hybridized carbons (Fsp3) is 0.278. The molecule has 4 nitrogen and oxygen atoms in total. The summed E-state index contributed by atoms with van der Waals surface area (Å²) in [6.45, 7) is 4.90. The third kappa shape index (κ3) is 4.25. The van der Waals surface area contributed by atoms with E-state index in [0.29, 0.717) is 18.3 Å². The Kier molecular flexibility index (Phi) is 5.42. The summed E-state index contributed by atoms with van der Waals surface area (Å²) in [6.07, 6.45) is 0. The van der Waals surface area contributed by atoms with Gasteiger partial charge in [0, 0.05) is 0 Å². The van der Waals surface area contributed by atoms with Gasteiger partial charge in [-0.2, -0.15) is 0 Å². The van der Waals surface area contributed by atoms with Crippen molar-refractivity contribution in [1.29, 1.82) is 0 Å². The van der Waals surface area contributed by atoms with E-state index >= 15 is 0 Å². The van der Waals surface area contributed by atoms with Gasteiger partial charge in [-0.25, -0.2) is 4.79 Å². The van der Waals surface area contributed by atoms with Gasteiger partial charge in [0.15, 0.2) is 0 Å². The molecular formula is C18H20O4. The second-order valence-electron chi connectivity index (χ2n) is 5.23. The lowest BCUT2D eigenvalue weighted by Crippen LogP contribution is -2.11. The SMILES string of the molecule is CC(C)c1cccc(OCCOc2ccccc2C(=O)O)c1. The Morgan fingerprint density at radius 3 is 2.50 bits per heavy atom. The third-order valence-electron chi connectivity index (χ3n) is 3.25. The Bertz CT molecular complexity index is 634. The van der Waals surface area contributed by atoms with Crippen LogP contribution in [0.2, 0.25) is 0 Å². The number of hydrogen-bond acceptors (Lipinski definition) is 3. The molecule has 0 radical (unpaired) electrons. The lowest BCUT2D eigenvalue weighted by Gasteiger charge is -2.11. The highest BCUT2D eigenvalue weighted by molar-refractivity contribution is 5.90. The molecule has 0 heterocycles. The molecule has 22 heavy (non-hydrogen) atoms. The van der Waals surface area contributed by atoms with Gasteiger partial charge in [0.05, 0.1) is 0 Å². The highest BCUT2D eigenvalue weighted by Crippen LogP contribution is 2.20. The van der Waals surface area contributed by atoms with Crippen LogP contribution in [-0.2, 0) is 0 Å². The molecule has 0 aliphatic heterocycles. The smallest absolute Gasteiger partial charge is 0.339 e. The zero-order chi connectivity index (χ0) is 15.9. The quantitative estimate of drug-likeness (QED) is 0.786. The molecule has 0 aromatic heterocycles. The highest BCUT2D eigenvalue weighted by atomic mass is 16.5. The van der Waals surface area contributed by atoms with E-state index in [-0.39, 0.29) is 12.2 Å². The van der Waals surface area contributed by atoms with Crippen molar-refractivity contribution in [2.75, 3.05) is 13.2 Å². The molecule has 2 aromatic rings. The first-order valence-corrected chi connectivity index (χ1v) is 7.26. The minimum Gasteiger partial charge on any atom is -0.490 e. The molecule has 0 aliphatic carbocycles. The number of carboxylic acid groups (broad SMARTS) is 1. The van der Waals surface area contributed by atoms with Crippen LogP contribution in [0, 0.1) is 0 Å². The van der Waals surface area contributed by atoms with Crippen LogP contribution in [0.15, 0.2) is 48.5 Å². The molecular weight excluding hydrogens is 280 g/mol. The average molecular weight is 300 g/mol. The Morgan fingerprint density at radius 1 is 1.05 bits per heavy atom. The number of rotatable bonds is 7. The normalized spacial score (nSPS) is 10.5. The van der Waals surface area contributed by atoms with E-state index in [1.807, 2.05) is 18.2 Å². The zero-order valence-electron chi connectivity index (χ0n) is 12.8. The second kappa shape index (κ2) is 7.50. The molecule has 0 unspecified atom stereocenters. The minimum atomic E-state index is -0.999. The molecule has 0 amide bonds. The van der Waals surface area contributed by atoms with Crippen LogP contribution >= 0.6 is 0 Å². The van der Waals surface area contributed by atoms with Crippen LogP contribution < -0.4 is 9.47 Å². The van der Waals surface area contributed by atoms with E-state index in [4.69, 9.17) is 14.6 Å². The van der Waals surface area contributed by atoms with Crippen molar-refractivity contribution in [3.63, 3.8) is 0 Å². The fourth-order valence-electron chi connectivity index (χ4n) is 2.04. The standard InChI is InChI=1S/C18H20O4/c1-13(2)14-6-5-7-15(12-14)21-10-11-22-17-9-4-3-8-16(17)18(19)20/h3-9,12-13H,10-11H2,1-2H3,(H,19,20). The third-order valence-corrected chi connectivity index (χ3v) is 3.25. The van der Waals surface area contributed by atoms with Gasteiger partial charge in [0.2, 0.25) is 0 Å². The van der Waals surface area contributed by atoms with Gasteiger partial charge in [-0.15, -0.1) is 0 Å². The predicted molar refractivity (Wildman–Crippen MR) is 84.9 cm³/mol. The van der Waals surface area contributed by atoms with Crippen LogP contribution in [-0.4, -0.2) is 24.3 Å². The Morgan fingerprint density at radius 2 is 1.77 bits per heavy atom. The first kappa shape index (κ1) is 15.9. The molecule has 0 bridgehead atoms. The zero-order valence-corrected chi connectivity index (χ0v) is 12.8. The summed E-state index contributed by atoms with van der Waals surface area (Å²) in [5, 5.41) is 9.07. The minimum absolute atomic E-state index is 0.157. The topological polar surface area (TPSA) is 55.8 Å². The van der Waals surface area contributed by atoms with Crippen molar-refractivity contribution < 1.29 is 19.4 Å². The summed E-state index contributed by atoms with van der Waals surface area (Å²) in [5.74, 6) is 0.597. The van der Waals surface area contributed by atoms with Gasteiger partial charge in [-0.1, -0.05) is 38.1 Å². The predicted octanol–water partition coefficient (Wildman–Crippen LogP) is 3.97. The number of carboxylic acids is 1. The summed E-state index contributed by atoms with van der Waals surface area (Å²) >= 11 is 0. The summed E-state index contributed by atoms with van der Waals surface area (Å²) in [4.78, 5) is 11.1. The lowest BCUT2D eigenvalue weighted by molar-refractivity contribution is 0.0691. The van der Waals surface area contributed by atoms with Gasteiger partial charge in [0.25, 0.3) is 0 Å². The first-order chi connectivity index (χ1) is 10.6. The van der Waals surface area contributed by atoms with Gasteiger partial charge in [0.1, 0.15) is 30.3 Å². The molecule has 0 fully saturated rings. The maximum Gasteiger partial charge on any atom is 0.339 e.